The van der Waals surface area contributed by atoms with Crippen LogP contribution in [0.15, 0.2) is 16.6 Å². The van der Waals surface area contributed by atoms with E-state index in [1.54, 1.807) is 0 Å². The number of alkyl halides is 5. The van der Waals surface area contributed by atoms with E-state index in [9.17, 15) is 22.0 Å². The molecule has 4 heterocycles. The fourth-order valence-electron chi connectivity index (χ4n) is 5.48. The molecule has 0 unspecified atom stereocenters. The molecule has 6 nitrogen and oxygen atoms in total. The number of fused-ring (bicyclic) bond motifs is 1. The zero-order valence-corrected chi connectivity index (χ0v) is 21.6. The van der Waals surface area contributed by atoms with Crippen molar-refractivity contribution in [2.75, 3.05) is 37.7 Å². The van der Waals surface area contributed by atoms with Crippen molar-refractivity contribution in [1.29, 1.82) is 0 Å². The second-order valence-corrected chi connectivity index (χ2v) is 10.6. The molecular weight excluding hydrogens is 594 g/mol. The lowest BCUT2D eigenvalue weighted by Gasteiger charge is -2.32. The summed E-state index contributed by atoms with van der Waals surface area (Å²) in [5.41, 5.74) is -1.63. The number of rotatable bonds is 7. The van der Waals surface area contributed by atoms with Gasteiger partial charge in [-0.05, 0) is 35.3 Å². The lowest BCUT2D eigenvalue weighted by atomic mass is 9.95. The maximum Gasteiger partial charge on any atom is 0.319 e. The molecule has 1 aromatic carbocycles. The highest BCUT2D eigenvalue weighted by Gasteiger charge is 2.49. The topological polar surface area (TPSA) is 50.7 Å². The summed E-state index contributed by atoms with van der Waals surface area (Å²) in [6.45, 7) is 2.78. The normalized spacial score (nSPS) is 25.6. The van der Waals surface area contributed by atoms with Crippen molar-refractivity contribution >= 4 is 44.3 Å². The van der Waals surface area contributed by atoms with Crippen LogP contribution in [0.3, 0.4) is 0 Å². The molecule has 5 rings (SSSR count). The Morgan fingerprint density at radius 3 is 2.76 bits per heavy atom. The first-order chi connectivity index (χ1) is 17.5. The van der Waals surface area contributed by atoms with Gasteiger partial charge in [-0.25, -0.2) is 26.3 Å². The molecule has 3 aliphatic heterocycles. The maximum atomic E-state index is 15.4. The summed E-state index contributed by atoms with van der Waals surface area (Å²) in [6.07, 6.45) is -5.27. The number of hydrogen-bond donors (Lipinski definition) is 0. The van der Waals surface area contributed by atoms with Gasteiger partial charge in [0.05, 0.1) is 28.0 Å². The first-order valence-electron chi connectivity index (χ1n) is 11.6. The fraction of sp³-hybridized carbons (Fsp3) is 0.565. The van der Waals surface area contributed by atoms with Crippen molar-refractivity contribution in [1.82, 2.24) is 14.9 Å². The first-order valence-corrected chi connectivity index (χ1v) is 12.7. The van der Waals surface area contributed by atoms with Crippen molar-refractivity contribution in [2.45, 2.75) is 49.9 Å². The minimum Gasteiger partial charge on any atom is -0.489 e. The molecule has 202 valence electrons. The number of halogens is 8. The lowest BCUT2D eigenvalue weighted by molar-refractivity contribution is 0.107. The molecular formula is C23H22BrClF6N4O2. The van der Waals surface area contributed by atoms with E-state index in [4.69, 9.17) is 21.1 Å². The van der Waals surface area contributed by atoms with Gasteiger partial charge in [0.1, 0.15) is 35.7 Å². The molecule has 0 bridgehead atoms. The van der Waals surface area contributed by atoms with Crippen molar-refractivity contribution < 1.29 is 35.8 Å². The van der Waals surface area contributed by atoms with E-state index in [-0.39, 0.29) is 57.5 Å². The Labute approximate surface area is 221 Å². The summed E-state index contributed by atoms with van der Waals surface area (Å²) in [5.74, 6) is -1.38. The Bertz CT molecular complexity index is 1240. The molecule has 0 saturated carbocycles. The van der Waals surface area contributed by atoms with E-state index in [2.05, 4.69) is 32.5 Å². The van der Waals surface area contributed by atoms with Crippen molar-refractivity contribution in [3.8, 4) is 11.8 Å². The van der Waals surface area contributed by atoms with E-state index in [0.29, 0.717) is 13.0 Å². The number of nitrogens with zero attached hydrogens (tertiary/aromatic N) is 4. The highest BCUT2D eigenvalue weighted by Crippen LogP contribution is 2.48. The minimum atomic E-state index is -3.05. The van der Waals surface area contributed by atoms with E-state index in [0.717, 1.165) is 11.3 Å². The SMILES string of the molecule is C=C(C(F)F)[C@H]1COc2c(Cl)c(Br)c(F)c3nc(OC[C@@]45CCCN4C[C@H](F)C5)nc(c23)N1CC(F)F. The second-order valence-electron chi connectivity index (χ2n) is 9.43. The molecule has 0 spiro atoms. The monoisotopic (exact) mass is 614 g/mol. The van der Waals surface area contributed by atoms with E-state index in [1.165, 1.54) is 0 Å². The van der Waals surface area contributed by atoms with E-state index >= 15 is 4.39 Å². The van der Waals surface area contributed by atoms with Crippen LogP contribution in [0.25, 0.3) is 10.9 Å². The molecule has 2 fully saturated rings. The maximum absolute atomic E-state index is 15.4. The third-order valence-electron chi connectivity index (χ3n) is 7.20. The van der Waals surface area contributed by atoms with Crippen molar-refractivity contribution in [3.05, 3.63) is 27.5 Å². The number of aromatic nitrogens is 2. The highest BCUT2D eigenvalue weighted by atomic mass is 79.9. The summed E-state index contributed by atoms with van der Waals surface area (Å²) in [6, 6.07) is -1.80. The zero-order valence-electron chi connectivity index (χ0n) is 19.3. The van der Waals surface area contributed by atoms with Crippen LogP contribution in [0.2, 0.25) is 5.02 Å². The van der Waals surface area contributed by atoms with Crippen molar-refractivity contribution in [2.24, 2.45) is 0 Å². The lowest BCUT2D eigenvalue weighted by Crippen LogP contribution is -2.45. The Kier molecular flexibility index (Phi) is 7.16. The van der Waals surface area contributed by atoms with Crippen LogP contribution in [0.1, 0.15) is 19.3 Å². The van der Waals surface area contributed by atoms with Gasteiger partial charge in [0, 0.05) is 18.5 Å². The number of ether oxygens (including phenoxy) is 2. The number of anilines is 1. The van der Waals surface area contributed by atoms with Gasteiger partial charge in [-0.2, -0.15) is 9.97 Å². The molecule has 0 N–H and O–H groups in total. The van der Waals surface area contributed by atoms with Gasteiger partial charge in [0.25, 0.3) is 12.9 Å². The van der Waals surface area contributed by atoms with E-state index in [1.807, 2.05) is 4.90 Å². The Morgan fingerprint density at radius 1 is 1.30 bits per heavy atom. The minimum absolute atomic E-state index is 0.0138. The number of hydrogen-bond acceptors (Lipinski definition) is 6. The van der Waals surface area contributed by atoms with Crippen LogP contribution in [-0.4, -0.2) is 78.3 Å². The standard InChI is InChI=1S/C23H22BrClF6N4O2/c1-10(20(30)31)12-8-36-19-14-18(17(29)15(24)16(19)25)32-22(33-21(14)35(12)7-13(27)28)37-9-23-3-2-4-34(23)6-11(26)5-23/h11-13,20H,1-9H2/t11-,12-,23+/m1/s1. The summed E-state index contributed by atoms with van der Waals surface area (Å²) in [7, 11) is 0. The highest BCUT2D eigenvalue weighted by molar-refractivity contribution is 9.10. The van der Waals surface area contributed by atoms with Crippen LogP contribution >= 0.6 is 27.5 Å². The predicted octanol–water partition coefficient (Wildman–Crippen LogP) is 5.79. The average Bonchev–Trinajstić information content (AvgIpc) is 3.31. The van der Waals surface area contributed by atoms with Gasteiger partial charge >= 0.3 is 6.01 Å². The smallest absolute Gasteiger partial charge is 0.319 e. The van der Waals surface area contributed by atoms with Gasteiger partial charge in [-0.15, -0.1) is 0 Å². The van der Waals surface area contributed by atoms with Crippen molar-refractivity contribution in [3.63, 3.8) is 0 Å². The molecule has 0 radical (unpaired) electrons. The predicted molar refractivity (Wildman–Crippen MR) is 129 cm³/mol. The molecule has 2 aromatic rings. The Morgan fingerprint density at radius 2 is 2.05 bits per heavy atom. The number of benzene rings is 1. The van der Waals surface area contributed by atoms with Crippen LogP contribution in [0.5, 0.6) is 11.8 Å². The molecule has 0 aliphatic carbocycles. The fourth-order valence-corrected chi connectivity index (χ4v) is 6.08. The second kappa shape index (κ2) is 9.96. The molecule has 3 atom stereocenters. The summed E-state index contributed by atoms with van der Waals surface area (Å²) in [4.78, 5) is 11.3. The van der Waals surface area contributed by atoms with Gasteiger partial charge in [-0.1, -0.05) is 18.2 Å². The molecule has 1 aromatic heterocycles. The summed E-state index contributed by atoms with van der Waals surface area (Å²) in [5, 5.41) is -0.391. The third-order valence-corrected chi connectivity index (χ3v) is 8.53. The van der Waals surface area contributed by atoms with E-state index < -0.39 is 55.1 Å². The molecule has 0 amide bonds. The van der Waals surface area contributed by atoms with Gasteiger partial charge in [-0.3, -0.25) is 4.90 Å². The largest absolute Gasteiger partial charge is 0.489 e. The molecule has 3 aliphatic rings. The van der Waals surface area contributed by atoms with Crippen LogP contribution in [-0.2, 0) is 0 Å². The van der Waals surface area contributed by atoms with Crippen LogP contribution in [0.4, 0.5) is 32.2 Å². The Balaban J connectivity index is 1.64. The molecule has 37 heavy (non-hydrogen) atoms. The van der Waals surface area contributed by atoms with Gasteiger partial charge in [0.15, 0.2) is 11.6 Å². The van der Waals surface area contributed by atoms with Gasteiger partial charge in [0.2, 0.25) is 0 Å². The van der Waals surface area contributed by atoms with Crippen LogP contribution < -0.4 is 14.4 Å². The molecule has 14 heteroatoms. The summed E-state index contributed by atoms with van der Waals surface area (Å²) >= 11 is 9.32. The quantitative estimate of drug-likeness (QED) is 0.223. The third kappa shape index (κ3) is 4.60. The summed E-state index contributed by atoms with van der Waals surface area (Å²) < 4.78 is 95.5. The van der Waals surface area contributed by atoms with Gasteiger partial charge < -0.3 is 14.4 Å². The first kappa shape index (κ1) is 26.6. The average molecular weight is 616 g/mol. The zero-order chi connectivity index (χ0) is 26.6. The van der Waals surface area contributed by atoms with Crippen LogP contribution in [0, 0.1) is 5.82 Å². The Hall–Kier alpha value is -1.99. The molecule has 2 saturated heterocycles.